The van der Waals surface area contributed by atoms with Gasteiger partial charge in [-0.25, -0.2) is 0 Å². The van der Waals surface area contributed by atoms with Crippen LogP contribution in [-0.4, -0.2) is 5.11 Å². The molecule has 1 N–H and O–H groups in total. The third-order valence-electron chi connectivity index (χ3n) is 4.81. The highest BCUT2D eigenvalue weighted by Gasteiger charge is 2.24. The van der Waals surface area contributed by atoms with Gasteiger partial charge in [-0.2, -0.15) is 0 Å². The number of phenols is 1. The lowest BCUT2D eigenvalue weighted by Gasteiger charge is -2.15. The van der Waals surface area contributed by atoms with Crippen LogP contribution < -0.4 is 0 Å². The van der Waals surface area contributed by atoms with E-state index in [1.807, 2.05) is 18.2 Å². The van der Waals surface area contributed by atoms with Crippen molar-refractivity contribution < 1.29 is 5.11 Å². The number of hydrogen-bond donors (Lipinski definition) is 1. The fourth-order valence-electron chi connectivity index (χ4n) is 3.65. The molecule has 1 unspecified atom stereocenters. The summed E-state index contributed by atoms with van der Waals surface area (Å²) in [4.78, 5) is 0. The molecule has 0 amide bonds. The van der Waals surface area contributed by atoms with Gasteiger partial charge < -0.3 is 5.11 Å². The summed E-state index contributed by atoms with van der Waals surface area (Å²) < 4.78 is 0. The molecule has 110 valence electrons. The Kier molecular flexibility index (Phi) is 4.01. The van der Waals surface area contributed by atoms with E-state index in [2.05, 4.69) is 26.0 Å². The molecular weight excluding hydrogens is 256 g/mol. The Morgan fingerprint density at radius 1 is 1.19 bits per heavy atom. The summed E-state index contributed by atoms with van der Waals surface area (Å²) >= 11 is 0. The maximum atomic E-state index is 10.1. The van der Waals surface area contributed by atoms with Crippen LogP contribution >= 0.6 is 0 Å². The number of para-hydroxylation sites is 1. The van der Waals surface area contributed by atoms with Crippen LogP contribution in [0, 0.1) is 6.92 Å². The van der Waals surface area contributed by atoms with E-state index in [9.17, 15) is 5.11 Å². The Balaban J connectivity index is 2.02. The molecule has 0 bridgehead atoms. The largest absolute Gasteiger partial charge is 0.507 e. The maximum absolute atomic E-state index is 10.1. The molecule has 0 spiro atoms. The molecule has 1 aliphatic carbocycles. The topological polar surface area (TPSA) is 20.2 Å². The fourth-order valence-corrected chi connectivity index (χ4v) is 3.65. The summed E-state index contributed by atoms with van der Waals surface area (Å²) in [6.45, 7) is 4.48. The van der Waals surface area contributed by atoms with Gasteiger partial charge in [-0.15, -0.1) is 0 Å². The Morgan fingerprint density at radius 2 is 2.00 bits per heavy atom. The van der Waals surface area contributed by atoms with E-state index < -0.39 is 0 Å². The monoisotopic (exact) mass is 280 g/mol. The minimum Gasteiger partial charge on any atom is -0.507 e. The predicted octanol–water partition coefficient (Wildman–Crippen LogP) is 5.59. The average Bonchev–Trinajstić information content (AvgIpc) is 2.89. The van der Waals surface area contributed by atoms with Crippen LogP contribution in [0.2, 0.25) is 0 Å². The van der Waals surface area contributed by atoms with Gasteiger partial charge in [0.05, 0.1) is 0 Å². The van der Waals surface area contributed by atoms with Crippen molar-refractivity contribution in [1.29, 1.82) is 0 Å². The van der Waals surface area contributed by atoms with E-state index in [1.54, 1.807) is 11.6 Å². The summed E-state index contributed by atoms with van der Waals surface area (Å²) in [5.74, 6) is 1.09. The van der Waals surface area contributed by atoms with Crippen LogP contribution in [0.25, 0.3) is 11.1 Å². The van der Waals surface area contributed by atoms with Crippen molar-refractivity contribution in [3.8, 4) is 16.9 Å². The van der Waals surface area contributed by atoms with Crippen LogP contribution in [0.3, 0.4) is 0 Å². The van der Waals surface area contributed by atoms with Gasteiger partial charge in [0.1, 0.15) is 5.75 Å². The molecule has 1 heteroatoms. The SMILES string of the molecule is CCCCC1CCc2c(C)cc(-c3ccccc3O)cc21. The Labute approximate surface area is 127 Å². The maximum Gasteiger partial charge on any atom is 0.123 e. The molecule has 1 nitrogen and oxygen atoms in total. The van der Waals surface area contributed by atoms with Crippen LogP contribution in [0.4, 0.5) is 0 Å². The highest BCUT2D eigenvalue weighted by Crippen LogP contribution is 2.41. The van der Waals surface area contributed by atoms with Crippen molar-refractivity contribution in [3.63, 3.8) is 0 Å². The summed E-state index contributed by atoms with van der Waals surface area (Å²) in [6.07, 6.45) is 6.39. The fraction of sp³-hybridized carbons (Fsp3) is 0.400. The van der Waals surface area contributed by atoms with Crippen LogP contribution in [0.5, 0.6) is 5.75 Å². The Hall–Kier alpha value is -1.76. The first kappa shape index (κ1) is 14.2. The number of hydrogen-bond acceptors (Lipinski definition) is 1. The van der Waals surface area contributed by atoms with E-state index in [0.29, 0.717) is 11.7 Å². The van der Waals surface area contributed by atoms with E-state index in [0.717, 1.165) is 11.1 Å². The molecule has 2 aromatic carbocycles. The highest BCUT2D eigenvalue weighted by atomic mass is 16.3. The number of benzene rings is 2. The first-order valence-corrected chi connectivity index (χ1v) is 8.12. The second-order valence-electron chi connectivity index (χ2n) is 6.26. The van der Waals surface area contributed by atoms with Crippen molar-refractivity contribution in [2.75, 3.05) is 0 Å². The summed E-state index contributed by atoms with van der Waals surface area (Å²) in [6, 6.07) is 12.2. The molecule has 0 heterocycles. The van der Waals surface area contributed by atoms with Crippen molar-refractivity contribution in [2.45, 2.75) is 51.9 Å². The van der Waals surface area contributed by atoms with E-state index in [1.165, 1.54) is 43.2 Å². The minimum absolute atomic E-state index is 0.375. The summed E-state index contributed by atoms with van der Waals surface area (Å²) in [5.41, 5.74) is 6.57. The smallest absolute Gasteiger partial charge is 0.123 e. The first-order valence-electron chi connectivity index (χ1n) is 8.12. The van der Waals surface area contributed by atoms with Crippen molar-refractivity contribution >= 4 is 0 Å². The lowest BCUT2D eigenvalue weighted by Crippen LogP contribution is -1.95. The van der Waals surface area contributed by atoms with Crippen molar-refractivity contribution in [3.05, 3.63) is 53.1 Å². The van der Waals surface area contributed by atoms with Crippen molar-refractivity contribution in [2.24, 2.45) is 0 Å². The molecule has 1 aliphatic rings. The number of aryl methyl sites for hydroxylation is 1. The summed E-state index contributed by atoms with van der Waals surface area (Å²) in [7, 11) is 0. The van der Waals surface area contributed by atoms with Gasteiger partial charge in [0.25, 0.3) is 0 Å². The lowest BCUT2D eigenvalue weighted by atomic mass is 9.90. The standard InChI is InChI=1S/C20H24O/c1-3-4-7-15-10-11-17-14(2)12-16(13-19(15)17)18-8-5-6-9-20(18)21/h5-6,8-9,12-13,15,21H,3-4,7,10-11H2,1-2H3. The van der Waals surface area contributed by atoms with Gasteiger partial charge >= 0.3 is 0 Å². The molecule has 1 atom stereocenters. The Morgan fingerprint density at radius 3 is 2.76 bits per heavy atom. The second kappa shape index (κ2) is 5.93. The van der Waals surface area contributed by atoms with Gasteiger partial charge in [-0.05, 0) is 60.4 Å². The van der Waals surface area contributed by atoms with E-state index in [-0.39, 0.29) is 0 Å². The third-order valence-corrected chi connectivity index (χ3v) is 4.81. The average molecular weight is 280 g/mol. The number of rotatable bonds is 4. The van der Waals surface area contributed by atoms with Crippen molar-refractivity contribution in [1.82, 2.24) is 0 Å². The predicted molar refractivity (Wildman–Crippen MR) is 88.9 cm³/mol. The third kappa shape index (κ3) is 2.70. The highest BCUT2D eigenvalue weighted by molar-refractivity contribution is 5.72. The number of phenolic OH excluding ortho intramolecular Hbond substituents is 1. The zero-order valence-electron chi connectivity index (χ0n) is 13.0. The molecule has 0 saturated carbocycles. The summed E-state index contributed by atoms with van der Waals surface area (Å²) in [5, 5.41) is 10.1. The quantitative estimate of drug-likeness (QED) is 0.774. The second-order valence-corrected chi connectivity index (χ2v) is 6.26. The molecule has 3 rings (SSSR count). The van der Waals surface area contributed by atoms with E-state index >= 15 is 0 Å². The number of fused-ring (bicyclic) bond motifs is 1. The van der Waals surface area contributed by atoms with Gasteiger partial charge in [0.15, 0.2) is 0 Å². The number of unbranched alkanes of at least 4 members (excludes halogenated alkanes) is 1. The van der Waals surface area contributed by atoms with Gasteiger partial charge in [-0.3, -0.25) is 0 Å². The van der Waals surface area contributed by atoms with E-state index in [4.69, 9.17) is 0 Å². The zero-order chi connectivity index (χ0) is 14.8. The molecule has 0 saturated heterocycles. The molecule has 0 aromatic heterocycles. The van der Waals surface area contributed by atoms with Gasteiger partial charge in [0.2, 0.25) is 0 Å². The van der Waals surface area contributed by atoms with Gasteiger partial charge in [-0.1, -0.05) is 50.1 Å². The lowest BCUT2D eigenvalue weighted by molar-refractivity contribution is 0.477. The molecule has 0 aliphatic heterocycles. The van der Waals surface area contributed by atoms with Crippen LogP contribution in [-0.2, 0) is 6.42 Å². The molecule has 2 aromatic rings. The van der Waals surface area contributed by atoms with Gasteiger partial charge in [0, 0.05) is 5.56 Å². The normalized spacial score (nSPS) is 17.0. The zero-order valence-corrected chi connectivity index (χ0v) is 13.0. The number of aromatic hydroxyl groups is 1. The first-order chi connectivity index (χ1) is 10.2. The van der Waals surface area contributed by atoms with Crippen LogP contribution in [0.1, 0.15) is 55.2 Å². The molecule has 0 fully saturated rings. The molecular formula is C20H24O. The minimum atomic E-state index is 0.375. The van der Waals surface area contributed by atoms with Crippen LogP contribution in [0.15, 0.2) is 36.4 Å². The molecule has 0 radical (unpaired) electrons. The molecule has 21 heavy (non-hydrogen) atoms. The Bertz CT molecular complexity index is 642.